The fourth-order valence-corrected chi connectivity index (χ4v) is 2.63. The SMILES string of the molecule is N#CC(C(=O)c1cccs1)c1ccc2c(c1)OCO2. The summed E-state index contributed by atoms with van der Waals surface area (Å²) in [5.41, 5.74) is 0.630. The van der Waals surface area contributed by atoms with Crippen LogP contribution in [-0.4, -0.2) is 12.6 Å². The van der Waals surface area contributed by atoms with Crippen LogP contribution in [0.1, 0.15) is 21.2 Å². The summed E-state index contributed by atoms with van der Waals surface area (Å²) in [7, 11) is 0. The molecule has 0 saturated heterocycles. The number of rotatable bonds is 3. The molecule has 0 saturated carbocycles. The predicted molar refractivity (Wildman–Crippen MR) is 69.6 cm³/mol. The van der Waals surface area contributed by atoms with E-state index in [1.165, 1.54) is 11.3 Å². The van der Waals surface area contributed by atoms with Crippen molar-refractivity contribution in [1.29, 1.82) is 5.26 Å². The van der Waals surface area contributed by atoms with Crippen molar-refractivity contribution in [3.05, 3.63) is 46.2 Å². The molecular formula is C14H9NO3S. The van der Waals surface area contributed by atoms with Crippen molar-refractivity contribution in [2.45, 2.75) is 5.92 Å². The second-order valence-corrected chi connectivity index (χ2v) is 4.96. The Morgan fingerprint density at radius 2 is 2.16 bits per heavy atom. The number of ketones is 1. The molecule has 2 heterocycles. The van der Waals surface area contributed by atoms with Crippen LogP contribution in [0, 0.1) is 11.3 Å². The number of Topliss-reactive ketones (excluding diaryl/α,β-unsaturated/α-hetero) is 1. The fourth-order valence-electron chi connectivity index (χ4n) is 1.94. The highest BCUT2D eigenvalue weighted by atomic mass is 32.1. The second-order valence-electron chi connectivity index (χ2n) is 4.02. The van der Waals surface area contributed by atoms with E-state index in [0.717, 1.165) is 0 Å². The van der Waals surface area contributed by atoms with Gasteiger partial charge in [-0.1, -0.05) is 12.1 Å². The third kappa shape index (κ3) is 2.07. The average Bonchev–Trinajstić information content (AvgIpc) is 3.10. The summed E-state index contributed by atoms with van der Waals surface area (Å²) in [5.74, 6) is 0.227. The molecule has 0 aliphatic carbocycles. The van der Waals surface area contributed by atoms with E-state index < -0.39 is 5.92 Å². The van der Waals surface area contributed by atoms with Crippen molar-refractivity contribution >= 4 is 17.1 Å². The lowest BCUT2D eigenvalue weighted by atomic mass is 9.95. The molecule has 1 aromatic carbocycles. The van der Waals surface area contributed by atoms with Crippen LogP contribution in [0.2, 0.25) is 0 Å². The van der Waals surface area contributed by atoms with Crippen molar-refractivity contribution < 1.29 is 14.3 Å². The van der Waals surface area contributed by atoms with Crippen molar-refractivity contribution in [2.75, 3.05) is 6.79 Å². The Hall–Kier alpha value is -2.32. The molecule has 0 radical (unpaired) electrons. The number of hydrogen-bond donors (Lipinski definition) is 0. The molecule has 0 fully saturated rings. The number of ether oxygens (including phenoxy) is 2. The van der Waals surface area contributed by atoms with Gasteiger partial charge in [-0.15, -0.1) is 11.3 Å². The van der Waals surface area contributed by atoms with E-state index in [0.29, 0.717) is 21.9 Å². The van der Waals surface area contributed by atoms with Crippen LogP contribution >= 0.6 is 11.3 Å². The molecule has 1 aliphatic rings. The molecular weight excluding hydrogens is 262 g/mol. The van der Waals surface area contributed by atoms with Gasteiger partial charge in [-0.2, -0.15) is 5.26 Å². The molecule has 0 amide bonds. The Morgan fingerprint density at radius 1 is 1.32 bits per heavy atom. The number of nitrogens with zero attached hydrogens (tertiary/aromatic N) is 1. The van der Waals surface area contributed by atoms with Crippen LogP contribution in [-0.2, 0) is 0 Å². The summed E-state index contributed by atoms with van der Waals surface area (Å²) < 4.78 is 10.5. The van der Waals surface area contributed by atoms with E-state index in [-0.39, 0.29) is 12.6 Å². The molecule has 0 bridgehead atoms. The van der Waals surface area contributed by atoms with Gasteiger partial charge in [0.1, 0.15) is 5.92 Å². The highest BCUT2D eigenvalue weighted by Crippen LogP contribution is 2.35. The summed E-state index contributed by atoms with van der Waals surface area (Å²) in [5, 5.41) is 11.1. The van der Waals surface area contributed by atoms with Crippen LogP contribution in [0.3, 0.4) is 0 Å². The minimum atomic E-state index is -0.812. The van der Waals surface area contributed by atoms with Gasteiger partial charge in [-0.3, -0.25) is 4.79 Å². The molecule has 19 heavy (non-hydrogen) atoms. The summed E-state index contributed by atoms with van der Waals surface area (Å²) in [4.78, 5) is 12.8. The van der Waals surface area contributed by atoms with Crippen molar-refractivity contribution in [3.63, 3.8) is 0 Å². The monoisotopic (exact) mass is 271 g/mol. The minimum absolute atomic E-state index is 0.175. The average molecular weight is 271 g/mol. The van der Waals surface area contributed by atoms with E-state index in [9.17, 15) is 10.1 Å². The Labute approximate surface area is 113 Å². The van der Waals surface area contributed by atoms with E-state index in [1.54, 1.807) is 30.3 Å². The van der Waals surface area contributed by atoms with Gasteiger partial charge >= 0.3 is 0 Å². The first kappa shape index (κ1) is 11.8. The van der Waals surface area contributed by atoms with Gasteiger partial charge < -0.3 is 9.47 Å². The van der Waals surface area contributed by atoms with Crippen LogP contribution in [0.15, 0.2) is 35.7 Å². The summed E-state index contributed by atoms with van der Waals surface area (Å²) >= 11 is 1.34. The van der Waals surface area contributed by atoms with Crippen LogP contribution < -0.4 is 9.47 Å². The smallest absolute Gasteiger partial charge is 0.231 e. The predicted octanol–water partition coefficient (Wildman–Crippen LogP) is 2.97. The topological polar surface area (TPSA) is 59.3 Å². The van der Waals surface area contributed by atoms with Crippen LogP contribution in [0.5, 0.6) is 11.5 Å². The first-order chi connectivity index (χ1) is 9.29. The van der Waals surface area contributed by atoms with Gasteiger partial charge in [0.05, 0.1) is 10.9 Å². The number of benzene rings is 1. The molecule has 2 aromatic rings. The molecule has 1 aliphatic heterocycles. The first-order valence-electron chi connectivity index (χ1n) is 5.66. The molecule has 94 valence electrons. The first-order valence-corrected chi connectivity index (χ1v) is 6.54. The Kier molecular flexibility index (Phi) is 2.94. The lowest BCUT2D eigenvalue weighted by molar-refractivity contribution is 0.0983. The maximum atomic E-state index is 12.3. The summed E-state index contributed by atoms with van der Waals surface area (Å²) in [6.07, 6.45) is 0. The van der Waals surface area contributed by atoms with Crippen LogP contribution in [0.25, 0.3) is 0 Å². The second kappa shape index (κ2) is 4.75. The zero-order valence-corrected chi connectivity index (χ0v) is 10.6. The molecule has 4 nitrogen and oxygen atoms in total. The maximum Gasteiger partial charge on any atom is 0.231 e. The molecule has 0 spiro atoms. The van der Waals surface area contributed by atoms with E-state index in [1.807, 2.05) is 5.38 Å². The van der Waals surface area contributed by atoms with E-state index in [4.69, 9.17) is 9.47 Å². The summed E-state index contributed by atoms with van der Waals surface area (Å²) in [6.45, 7) is 0.175. The molecule has 1 aromatic heterocycles. The molecule has 1 atom stereocenters. The minimum Gasteiger partial charge on any atom is -0.454 e. The number of fused-ring (bicyclic) bond motifs is 1. The highest BCUT2D eigenvalue weighted by Gasteiger charge is 2.25. The zero-order valence-electron chi connectivity index (χ0n) is 9.83. The Balaban J connectivity index is 1.95. The van der Waals surface area contributed by atoms with Gasteiger partial charge in [0.25, 0.3) is 0 Å². The zero-order chi connectivity index (χ0) is 13.2. The Morgan fingerprint density at radius 3 is 2.89 bits per heavy atom. The lowest BCUT2D eigenvalue weighted by Crippen LogP contribution is -2.09. The number of hydrogen-bond acceptors (Lipinski definition) is 5. The third-order valence-corrected chi connectivity index (χ3v) is 3.77. The maximum absolute atomic E-state index is 12.3. The number of carbonyl (C=O) groups excluding carboxylic acids is 1. The van der Waals surface area contributed by atoms with Gasteiger partial charge in [0.2, 0.25) is 6.79 Å². The molecule has 5 heteroatoms. The summed E-state index contributed by atoms with van der Waals surface area (Å²) in [6, 6.07) is 10.7. The van der Waals surface area contributed by atoms with Gasteiger partial charge in [0, 0.05) is 0 Å². The standard InChI is InChI=1S/C14H9NO3S/c15-7-10(14(16)13-2-1-5-19-13)9-3-4-11-12(6-9)18-8-17-11/h1-6,10H,8H2. The van der Waals surface area contributed by atoms with Gasteiger partial charge in [-0.05, 0) is 29.1 Å². The number of nitriles is 1. The van der Waals surface area contributed by atoms with E-state index >= 15 is 0 Å². The van der Waals surface area contributed by atoms with Gasteiger partial charge in [-0.25, -0.2) is 0 Å². The lowest BCUT2D eigenvalue weighted by Gasteiger charge is -2.08. The highest BCUT2D eigenvalue weighted by molar-refractivity contribution is 7.12. The molecule has 1 unspecified atom stereocenters. The molecule has 3 rings (SSSR count). The van der Waals surface area contributed by atoms with Crippen molar-refractivity contribution in [3.8, 4) is 17.6 Å². The van der Waals surface area contributed by atoms with E-state index in [2.05, 4.69) is 6.07 Å². The Bertz CT molecular complexity index is 658. The normalized spacial score (nSPS) is 13.8. The largest absolute Gasteiger partial charge is 0.454 e. The molecule has 0 N–H and O–H groups in total. The number of thiophene rings is 1. The third-order valence-electron chi connectivity index (χ3n) is 2.89. The fraction of sp³-hybridized carbons (Fsp3) is 0.143. The van der Waals surface area contributed by atoms with Gasteiger partial charge in [0.15, 0.2) is 17.3 Å². The van der Waals surface area contributed by atoms with Crippen LogP contribution in [0.4, 0.5) is 0 Å². The quantitative estimate of drug-likeness (QED) is 0.805. The number of carbonyl (C=O) groups is 1. The van der Waals surface area contributed by atoms with Crippen molar-refractivity contribution in [2.24, 2.45) is 0 Å². The van der Waals surface area contributed by atoms with Crippen molar-refractivity contribution in [1.82, 2.24) is 0 Å².